The Morgan fingerprint density at radius 3 is 2.56 bits per heavy atom. The average molecular weight is 353 g/mol. The smallest absolute Gasteiger partial charge is 0.360 e. The molecular weight excluding hydrogens is 342 g/mol. The Morgan fingerprint density at radius 1 is 1.40 bits per heavy atom. The van der Waals surface area contributed by atoms with Crippen LogP contribution in [0, 0.1) is 12.4 Å². The fourth-order valence-electron chi connectivity index (χ4n) is 2.55. The van der Waals surface area contributed by atoms with Crippen molar-refractivity contribution in [1.29, 1.82) is 0 Å². The molecule has 0 atom stereocenters. The quantitative estimate of drug-likeness (QED) is 0.629. The number of anilines is 1. The van der Waals surface area contributed by atoms with Gasteiger partial charge < -0.3 is 9.74 Å². The van der Waals surface area contributed by atoms with Gasteiger partial charge in [-0.05, 0) is 18.9 Å². The first-order valence-electron chi connectivity index (χ1n) is 7.12. The molecule has 1 saturated carbocycles. The lowest BCUT2D eigenvalue weighted by Gasteiger charge is -2.23. The summed E-state index contributed by atoms with van der Waals surface area (Å²) in [6, 6.07) is 0.706. The third kappa shape index (κ3) is 2.82. The van der Waals surface area contributed by atoms with Gasteiger partial charge in [0.05, 0.1) is 23.6 Å². The third-order valence-electron chi connectivity index (χ3n) is 4.07. The summed E-state index contributed by atoms with van der Waals surface area (Å²) in [5, 5.41) is 3.79. The Bertz CT molecular complexity index is 879. The third-order valence-corrected chi connectivity index (χ3v) is 4.07. The summed E-state index contributed by atoms with van der Waals surface area (Å²) in [4.78, 5) is 20.0. The van der Waals surface area contributed by atoms with Crippen LogP contribution < -0.4 is 4.90 Å². The Balaban J connectivity index is 1.95. The second-order valence-corrected chi connectivity index (χ2v) is 5.67. The molecule has 2 aromatic rings. The molecule has 0 aliphatic heterocycles. The van der Waals surface area contributed by atoms with Crippen molar-refractivity contribution in [2.45, 2.75) is 24.6 Å². The molecule has 25 heavy (non-hydrogen) atoms. The first-order valence-corrected chi connectivity index (χ1v) is 7.12. The van der Waals surface area contributed by atoms with E-state index >= 15 is 0 Å². The molecule has 0 N–H and O–H groups in total. The Labute approximate surface area is 139 Å². The number of aromatic nitrogens is 3. The highest BCUT2D eigenvalue weighted by Gasteiger charge is 2.54. The molecule has 0 radical (unpaired) electrons. The lowest BCUT2D eigenvalue weighted by atomic mass is 10.2. The molecule has 3 rings (SSSR count). The number of pyridine rings is 1. The number of halogens is 4. The first kappa shape index (κ1) is 16.9. The second-order valence-electron chi connectivity index (χ2n) is 5.67. The summed E-state index contributed by atoms with van der Waals surface area (Å²) in [5.74, 6) is -1.92. The molecule has 6 nitrogen and oxygen atoms in total. The summed E-state index contributed by atoms with van der Waals surface area (Å²) in [6.07, 6.45) is -0.912. The number of nitrogens with zero attached hydrogens (tertiary/aromatic N) is 5. The van der Waals surface area contributed by atoms with Crippen molar-refractivity contribution in [3.05, 3.63) is 47.5 Å². The predicted molar refractivity (Wildman–Crippen MR) is 78.3 cm³/mol. The van der Waals surface area contributed by atoms with Gasteiger partial charge in [-0.25, -0.2) is 4.39 Å². The largest absolute Gasteiger partial charge is 0.409 e. The Kier molecular flexibility index (Phi) is 3.74. The Hall–Kier alpha value is -2.96. The molecule has 10 heteroatoms. The van der Waals surface area contributed by atoms with Gasteiger partial charge in [0.15, 0.2) is 5.82 Å². The van der Waals surface area contributed by atoms with Gasteiger partial charge in [-0.15, -0.1) is 4.98 Å². The molecule has 2 aromatic heterocycles. The molecule has 0 spiro atoms. The molecule has 0 saturated heterocycles. The van der Waals surface area contributed by atoms with Crippen molar-refractivity contribution in [3.8, 4) is 0 Å². The molecule has 0 aromatic carbocycles. The number of likely N-dealkylation sites (N-methyl/N-ethyl adjacent to an activating group) is 1. The van der Waals surface area contributed by atoms with Crippen LogP contribution in [0.2, 0.25) is 0 Å². The van der Waals surface area contributed by atoms with Crippen molar-refractivity contribution >= 4 is 17.4 Å². The zero-order chi connectivity index (χ0) is 18.4. The van der Waals surface area contributed by atoms with Crippen LogP contribution in [0.25, 0.3) is 4.85 Å². The topological polar surface area (TPSA) is 55.4 Å². The van der Waals surface area contributed by atoms with Crippen LogP contribution in [0.4, 0.5) is 29.1 Å². The molecule has 1 amide bonds. The zero-order valence-electron chi connectivity index (χ0n) is 12.9. The van der Waals surface area contributed by atoms with E-state index in [2.05, 4.69) is 14.9 Å². The summed E-state index contributed by atoms with van der Waals surface area (Å²) >= 11 is 0. The number of amides is 1. The summed E-state index contributed by atoms with van der Waals surface area (Å²) in [7, 11) is 1.30. The van der Waals surface area contributed by atoms with E-state index in [9.17, 15) is 22.4 Å². The molecule has 2 heterocycles. The number of hydrogen-bond acceptors (Lipinski definition) is 3. The van der Waals surface area contributed by atoms with Gasteiger partial charge in [-0.3, -0.25) is 9.48 Å². The average Bonchev–Trinajstić information content (AvgIpc) is 3.27. The van der Waals surface area contributed by atoms with Crippen molar-refractivity contribution in [1.82, 2.24) is 14.8 Å². The first-order chi connectivity index (χ1) is 11.7. The fraction of sp³-hybridized carbons (Fsp3) is 0.333. The SMILES string of the molecule is [C-]#[N+]c1ncc(N(C)C(=O)C2(n3cc(F)cn3)CC2)cc1C(F)(F)F. The maximum Gasteiger partial charge on any atom is 0.409 e. The van der Waals surface area contributed by atoms with Crippen molar-refractivity contribution in [3.63, 3.8) is 0 Å². The molecule has 1 aliphatic carbocycles. The van der Waals surface area contributed by atoms with Gasteiger partial charge in [0.2, 0.25) is 0 Å². The van der Waals surface area contributed by atoms with Crippen LogP contribution >= 0.6 is 0 Å². The minimum atomic E-state index is -4.77. The minimum Gasteiger partial charge on any atom is -0.360 e. The van der Waals surface area contributed by atoms with E-state index in [4.69, 9.17) is 6.57 Å². The van der Waals surface area contributed by atoms with Gasteiger partial charge in [-0.2, -0.15) is 18.3 Å². The van der Waals surface area contributed by atoms with Crippen molar-refractivity contribution in [2.75, 3.05) is 11.9 Å². The van der Waals surface area contributed by atoms with Gasteiger partial charge in [0, 0.05) is 7.05 Å². The van der Waals surface area contributed by atoms with Crippen molar-refractivity contribution < 1.29 is 22.4 Å². The maximum absolute atomic E-state index is 13.2. The normalized spacial score (nSPS) is 15.5. The highest BCUT2D eigenvalue weighted by Crippen LogP contribution is 2.45. The highest BCUT2D eigenvalue weighted by molar-refractivity contribution is 6.00. The van der Waals surface area contributed by atoms with Gasteiger partial charge >= 0.3 is 6.18 Å². The van der Waals surface area contributed by atoms with Crippen LogP contribution in [0.15, 0.2) is 24.7 Å². The zero-order valence-corrected chi connectivity index (χ0v) is 12.9. The molecule has 130 valence electrons. The van der Waals surface area contributed by atoms with Crippen LogP contribution in [-0.4, -0.2) is 27.7 Å². The maximum atomic E-state index is 13.2. The molecule has 1 aliphatic rings. The van der Waals surface area contributed by atoms with Crippen LogP contribution in [-0.2, 0) is 16.5 Å². The summed E-state index contributed by atoms with van der Waals surface area (Å²) < 4.78 is 53.5. The van der Waals surface area contributed by atoms with E-state index in [1.54, 1.807) is 0 Å². The van der Waals surface area contributed by atoms with E-state index in [-0.39, 0.29) is 5.69 Å². The summed E-state index contributed by atoms with van der Waals surface area (Å²) in [5.41, 5.74) is -2.42. The number of carbonyl (C=O) groups excluding carboxylic acids is 1. The number of hydrogen-bond donors (Lipinski definition) is 0. The standard InChI is InChI=1S/C15H11F4N5O/c1-20-12-11(15(17,18)19)5-10(7-21-12)23(2)13(25)14(3-4-14)24-8-9(16)6-22-24/h5-8H,3-4H2,2H3. The van der Waals surface area contributed by atoms with Crippen LogP contribution in [0.3, 0.4) is 0 Å². The molecule has 0 bridgehead atoms. The number of rotatable bonds is 3. The van der Waals surface area contributed by atoms with Crippen LogP contribution in [0.1, 0.15) is 18.4 Å². The van der Waals surface area contributed by atoms with E-state index in [0.29, 0.717) is 18.9 Å². The molecule has 1 fully saturated rings. The number of carbonyl (C=O) groups is 1. The van der Waals surface area contributed by atoms with E-state index in [1.165, 1.54) is 11.7 Å². The predicted octanol–water partition coefficient (Wildman–Crippen LogP) is 3.14. The number of alkyl halides is 3. The van der Waals surface area contributed by atoms with Gasteiger partial charge in [0.1, 0.15) is 11.7 Å². The molecule has 0 unspecified atom stereocenters. The van der Waals surface area contributed by atoms with Crippen LogP contribution in [0.5, 0.6) is 0 Å². The minimum absolute atomic E-state index is 0.108. The Morgan fingerprint density at radius 2 is 2.08 bits per heavy atom. The lowest BCUT2D eigenvalue weighted by Crippen LogP contribution is -2.40. The van der Waals surface area contributed by atoms with E-state index in [0.717, 1.165) is 23.5 Å². The fourth-order valence-corrected chi connectivity index (χ4v) is 2.55. The monoisotopic (exact) mass is 353 g/mol. The van der Waals surface area contributed by atoms with E-state index in [1.807, 2.05) is 0 Å². The van der Waals surface area contributed by atoms with E-state index < -0.39 is 34.8 Å². The summed E-state index contributed by atoms with van der Waals surface area (Å²) in [6.45, 7) is 6.79. The van der Waals surface area contributed by atoms with Crippen molar-refractivity contribution in [2.24, 2.45) is 0 Å². The highest BCUT2D eigenvalue weighted by atomic mass is 19.4. The van der Waals surface area contributed by atoms with Gasteiger partial charge in [0.25, 0.3) is 11.7 Å². The molecular formula is C15H11F4N5O. The van der Waals surface area contributed by atoms with Gasteiger partial charge in [-0.1, -0.05) is 6.57 Å². The second kappa shape index (κ2) is 5.54. The lowest BCUT2D eigenvalue weighted by molar-refractivity contribution is -0.137.